The minimum Gasteiger partial charge on any atom is -0.492 e. The molecule has 4 rings (SSSR count). The van der Waals surface area contributed by atoms with Gasteiger partial charge in [-0.2, -0.15) is 8.42 Å². The molecule has 38 heavy (non-hydrogen) atoms. The normalized spacial score (nSPS) is 20.1. The van der Waals surface area contributed by atoms with E-state index in [1.54, 1.807) is 54.4 Å². The smallest absolute Gasteiger partial charge is 0.336 e. The van der Waals surface area contributed by atoms with Crippen molar-refractivity contribution in [1.29, 1.82) is 0 Å². The molecule has 0 unspecified atom stereocenters. The van der Waals surface area contributed by atoms with Gasteiger partial charge < -0.3 is 19.1 Å². The van der Waals surface area contributed by atoms with Gasteiger partial charge in [-0.1, -0.05) is 29.8 Å². The molecule has 0 bridgehead atoms. The maximum Gasteiger partial charge on any atom is 0.336 e. The molecular weight excluding hydrogens is 536 g/mol. The van der Waals surface area contributed by atoms with Gasteiger partial charge >= 0.3 is 5.97 Å². The number of hydrogen-bond donors (Lipinski definition) is 1. The summed E-state index contributed by atoms with van der Waals surface area (Å²) in [4.78, 5) is 32.3. The van der Waals surface area contributed by atoms with Gasteiger partial charge in [0.1, 0.15) is 29.9 Å². The van der Waals surface area contributed by atoms with Crippen molar-refractivity contribution in [1.82, 2.24) is 9.88 Å². The SMILES string of the molecule is CC1=C(C(=O)OCc2ccc(OCCS(=O)(=O)O)cc2)[C@H](c2ccc(Cl)nc2)CC(=O)N1C[C@@H]1CCCO1. The highest BCUT2D eigenvalue weighted by Gasteiger charge is 2.38. The third kappa shape index (κ3) is 7.31. The van der Waals surface area contributed by atoms with E-state index < -0.39 is 27.8 Å². The van der Waals surface area contributed by atoms with Gasteiger partial charge in [0, 0.05) is 30.8 Å². The number of halogens is 1. The lowest BCUT2D eigenvalue weighted by Gasteiger charge is -2.35. The number of amides is 1. The van der Waals surface area contributed by atoms with Gasteiger partial charge in [-0.15, -0.1) is 0 Å². The van der Waals surface area contributed by atoms with Crippen molar-refractivity contribution in [2.24, 2.45) is 0 Å². The van der Waals surface area contributed by atoms with Crippen LogP contribution >= 0.6 is 11.6 Å². The molecule has 12 heteroatoms. The summed E-state index contributed by atoms with van der Waals surface area (Å²) in [7, 11) is -4.11. The summed E-state index contributed by atoms with van der Waals surface area (Å²) >= 11 is 5.95. The van der Waals surface area contributed by atoms with E-state index in [1.807, 2.05) is 0 Å². The highest BCUT2D eigenvalue weighted by Crippen LogP contribution is 2.37. The van der Waals surface area contributed by atoms with Crippen molar-refractivity contribution in [3.05, 3.63) is 70.1 Å². The van der Waals surface area contributed by atoms with Crippen molar-refractivity contribution in [2.75, 3.05) is 25.5 Å². The van der Waals surface area contributed by atoms with E-state index >= 15 is 0 Å². The second-order valence-electron chi connectivity index (χ2n) is 9.16. The Morgan fingerprint density at radius 2 is 2.00 bits per heavy atom. The Labute approximate surface area is 226 Å². The zero-order valence-electron chi connectivity index (χ0n) is 20.8. The van der Waals surface area contributed by atoms with E-state index in [9.17, 15) is 18.0 Å². The van der Waals surface area contributed by atoms with Crippen molar-refractivity contribution in [3.63, 3.8) is 0 Å². The number of benzene rings is 1. The Hall–Kier alpha value is -2.99. The minimum atomic E-state index is -4.11. The maximum absolute atomic E-state index is 13.4. The summed E-state index contributed by atoms with van der Waals surface area (Å²) in [5.41, 5.74) is 2.30. The molecule has 1 N–H and O–H groups in total. The van der Waals surface area contributed by atoms with Crippen molar-refractivity contribution in [3.8, 4) is 5.75 Å². The molecule has 2 aliphatic heterocycles. The fourth-order valence-electron chi connectivity index (χ4n) is 4.54. The van der Waals surface area contributed by atoms with Crippen molar-refractivity contribution >= 4 is 33.6 Å². The number of ether oxygens (including phenoxy) is 3. The van der Waals surface area contributed by atoms with Gasteiger partial charge in [-0.3, -0.25) is 9.35 Å². The Morgan fingerprint density at radius 3 is 2.63 bits per heavy atom. The molecule has 1 saturated heterocycles. The van der Waals surface area contributed by atoms with E-state index in [4.69, 9.17) is 30.4 Å². The molecule has 1 aromatic carbocycles. The average Bonchev–Trinajstić information content (AvgIpc) is 3.39. The molecule has 204 valence electrons. The number of pyridine rings is 1. The molecule has 0 saturated carbocycles. The summed E-state index contributed by atoms with van der Waals surface area (Å²) < 4.78 is 47.1. The fourth-order valence-corrected chi connectivity index (χ4v) is 4.95. The van der Waals surface area contributed by atoms with Crippen LogP contribution in [0.3, 0.4) is 0 Å². The van der Waals surface area contributed by atoms with Crippen LogP contribution in [0.1, 0.15) is 43.2 Å². The van der Waals surface area contributed by atoms with Gasteiger partial charge in [0.25, 0.3) is 10.1 Å². The Balaban J connectivity index is 1.49. The van der Waals surface area contributed by atoms with Gasteiger partial charge in [0.2, 0.25) is 5.91 Å². The van der Waals surface area contributed by atoms with Crippen LogP contribution in [-0.2, 0) is 35.8 Å². The number of carbonyl (C=O) groups is 2. The number of esters is 1. The van der Waals surface area contributed by atoms with Crippen LogP contribution in [0.2, 0.25) is 5.15 Å². The van der Waals surface area contributed by atoms with Crippen LogP contribution in [0.4, 0.5) is 0 Å². The first-order chi connectivity index (χ1) is 18.1. The molecule has 2 aromatic rings. The molecule has 2 atom stereocenters. The standard InChI is InChI=1S/C26H29ClN2O8S/c1-17-25(26(31)37-16-18-4-7-20(8-5-18)36-11-12-38(32,33)34)22(19-6-9-23(27)28-14-19)13-24(30)29(17)15-21-3-2-10-35-21/h4-9,14,21-22H,2-3,10-13,15-16H2,1H3,(H,32,33,34)/t21-,22-/m0/s1. The lowest BCUT2D eigenvalue weighted by molar-refractivity contribution is -0.141. The van der Waals surface area contributed by atoms with Crippen LogP contribution in [-0.4, -0.2) is 66.3 Å². The van der Waals surface area contributed by atoms with Crippen LogP contribution in [0.25, 0.3) is 0 Å². The summed E-state index contributed by atoms with van der Waals surface area (Å²) in [6.07, 6.45) is 3.38. The van der Waals surface area contributed by atoms with E-state index in [2.05, 4.69) is 4.98 Å². The quantitative estimate of drug-likeness (QED) is 0.261. The molecular formula is C26H29ClN2O8S. The first kappa shape index (κ1) is 28.0. The van der Waals surface area contributed by atoms with E-state index in [0.29, 0.717) is 46.5 Å². The summed E-state index contributed by atoms with van der Waals surface area (Å²) in [5.74, 6) is -1.27. The summed E-state index contributed by atoms with van der Waals surface area (Å²) in [6, 6.07) is 9.98. The lowest BCUT2D eigenvalue weighted by Crippen LogP contribution is -2.42. The zero-order valence-corrected chi connectivity index (χ0v) is 22.4. The lowest BCUT2D eigenvalue weighted by atomic mass is 9.84. The summed E-state index contributed by atoms with van der Waals surface area (Å²) in [5, 5.41) is 0.311. The number of aromatic nitrogens is 1. The van der Waals surface area contributed by atoms with Gasteiger partial charge in [-0.05, 0) is 49.1 Å². The van der Waals surface area contributed by atoms with Gasteiger partial charge in [-0.25, -0.2) is 9.78 Å². The highest BCUT2D eigenvalue weighted by molar-refractivity contribution is 7.85. The number of hydrogen-bond acceptors (Lipinski definition) is 8. The predicted octanol–water partition coefficient (Wildman–Crippen LogP) is 3.51. The number of allylic oxidation sites excluding steroid dienone is 1. The number of nitrogens with zero attached hydrogens (tertiary/aromatic N) is 2. The van der Waals surface area contributed by atoms with Crippen LogP contribution in [0.5, 0.6) is 5.75 Å². The third-order valence-electron chi connectivity index (χ3n) is 6.51. The Bertz CT molecular complexity index is 1290. The van der Waals surface area contributed by atoms with E-state index in [0.717, 1.165) is 12.8 Å². The fraction of sp³-hybridized carbons (Fsp3) is 0.423. The molecule has 0 radical (unpaired) electrons. The maximum atomic E-state index is 13.4. The topological polar surface area (TPSA) is 132 Å². The Morgan fingerprint density at radius 1 is 1.24 bits per heavy atom. The molecule has 0 spiro atoms. The zero-order chi connectivity index (χ0) is 27.3. The molecule has 3 heterocycles. The van der Waals surface area contributed by atoms with Crippen LogP contribution in [0.15, 0.2) is 53.9 Å². The number of carbonyl (C=O) groups excluding carboxylic acids is 2. The molecule has 1 amide bonds. The van der Waals surface area contributed by atoms with E-state index in [1.165, 1.54) is 0 Å². The molecule has 0 aliphatic carbocycles. The second-order valence-corrected chi connectivity index (χ2v) is 11.1. The second kappa shape index (κ2) is 12.2. The van der Waals surface area contributed by atoms with Gasteiger partial charge in [0.05, 0.1) is 18.2 Å². The van der Waals surface area contributed by atoms with Crippen molar-refractivity contribution < 1.29 is 36.8 Å². The molecule has 10 nitrogen and oxygen atoms in total. The molecule has 1 aromatic heterocycles. The van der Waals surface area contributed by atoms with Crippen molar-refractivity contribution in [2.45, 2.75) is 44.8 Å². The van der Waals surface area contributed by atoms with Crippen LogP contribution < -0.4 is 4.74 Å². The molecule has 1 fully saturated rings. The van der Waals surface area contributed by atoms with Crippen LogP contribution in [0, 0.1) is 0 Å². The molecule has 2 aliphatic rings. The average molecular weight is 565 g/mol. The Kier molecular flexibility index (Phi) is 9.03. The van der Waals surface area contributed by atoms with E-state index in [-0.39, 0.29) is 31.6 Å². The number of rotatable bonds is 10. The largest absolute Gasteiger partial charge is 0.492 e. The third-order valence-corrected chi connectivity index (χ3v) is 7.42. The predicted molar refractivity (Wildman–Crippen MR) is 138 cm³/mol. The monoisotopic (exact) mass is 564 g/mol. The summed E-state index contributed by atoms with van der Waals surface area (Å²) in [6.45, 7) is 2.58. The first-order valence-corrected chi connectivity index (χ1v) is 14.2. The highest BCUT2D eigenvalue weighted by atomic mass is 35.5. The minimum absolute atomic E-state index is 0.0216. The van der Waals surface area contributed by atoms with Gasteiger partial charge in [0.15, 0.2) is 0 Å². The first-order valence-electron chi connectivity index (χ1n) is 12.2.